The third-order valence-corrected chi connectivity index (χ3v) is 12.8. The number of aromatic nitrogens is 2. The first-order valence-electron chi connectivity index (χ1n) is 19.0. The number of fused-ring (bicyclic) bond motifs is 5. The molecule has 18 nitrogen and oxygen atoms in total. The predicted molar refractivity (Wildman–Crippen MR) is 192 cm³/mol. The Labute approximate surface area is 322 Å². The van der Waals surface area contributed by atoms with E-state index in [-0.39, 0.29) is 54.6 Å². The number of aliphatic hydroxyl groups excluding tert-OH is 1. The van der Waals surface area contributed by atoms with Gasteiger partial charge < -0.3 is 46.1 Å². The fourth-order valence-electron chi connectivity index (χ4n) is 9.86. The van der Waals surface area contributed by atoms with E-state index in [4.69, 9.17) is 9.84 Å². The summed E-state index contributed by atoms with van der Waals surface area (Å²) < 4.78 is 5.23. The number of imidazole rings is 1. The van der Waals surface area contributed by atoms with Gasteiger partial charge in [-0.3, -0.25) is 33.6 Å². The zero-order valence-corrected chi connectivity index (χ0v) is 31.5. The average Bonchev–Trinajstić information content (AvgIpc) is 3.75. The first kappa shape index (κ1) is 42.2. The largest absolute Gasteiger partial charge is 0.481 e. The summed E-state index contributed by atoms with van der Waals surface area (Å²) in [6.07, 6.45) is 5.21. The zero-order valence-electron chi connectivity index (χ0n) is 31.5. The van der Waals surface area contributed by atoms with Crippen LogP contribution in [0.5, 0.6) is 0 Å². The van der Waals surface area contributed by atoms with Gasteiger partial charge in [0.2, 0.25) is 23.5 Å². The van der Waals surface area contributed by atoms with Crippen LogP contribution in [0.2, 0.25) is 0 Å². The molecule has 4 aliphatic rings. The van der Waals surface area contributed by atoms with Crippen molar-refractivity contribution in [3.63, 3.8) is 0 Å². The van der Waals surface area contributed by atoms with E-state index < -0.39 is 103 Å². The van der Waals surface area contributed by atoms with Gasteiger partial charge >= 0.3 is 17.9 Å². The Morgan fingerprint density at radius 1 is 0.982 bits per heavy atom. The number of aliphatic hydroxyl groups is 2. The molecule has 1 heterocycles. The molecule has 1 aromatic rings. The van der Waals surface area contributed by atoms with Crippen LogP contribution in [0.4, 0.5) is 0 Å². The molecule has 0 spiro atoms. The molecule has 3 fully saturated rings. The van der Waals surface area contributed by atoms with E-state index in [1.807, 2.05) is 6.92 Å². The second-order valence-corrected chi connectivity index (χ2v) is 16.1. The second kappa shape index (κ2) is 17.0. The number of carboxylic acid groups (broad SMARTS) is 2. The van der Waals surface area contributed by atoms with Gasteiger partial charge in [-0.2, -0.15) is 0 Å². The maximum atomic E-state index is 13.6. The van der Waals surface area contributed by atoms with Gasteiger partial charge in [-0.25, -0.2) is 9.78 Å². The van der Waals surface area contributed by atoms with Gasteiger partial charge in [-0.1, -0.05) is 19.4 Å². The summed E-state index contributed by atoms with van der Waals surface area (Å²) in [5.74, 6) is -6.78. The van der Waals surface area contributed by atoms with Crippen molar-refractivity contribution in [1.82, 2.24) is 25.9 Å². The number of H-pyrrole nitrogens is 1. The molecule has 56 heavy (non-hydrogen) atoms. The number of amides is 3. The lowest BCUT2D eigenvalue weighted by molar-refractivity contribution is -0.184. The fraction of sp³-hybridized carbons (Fsp3) is 0.658. The number of carboxylic acids is 2. The number of nitrogens with zero attached hydrogens (tertiary/aromatic N) is 1. The normalized spacial score (nSPS) is 30.3. The smallest absolute Gasteiger partial charge is 0.326 e. The van der Waals surface area contributed by atoms with Crippen LogP contribution in [-0.2, 0) is 49.5 Å². The molecule has 9 atom stereocenters. The number of aliphatic carboxylic acids is 2. The Balaban J connectivity index is 1.12. The quantitative estimate of drug-likeness (QED) is 0.0974. The molecule has 8 N–H and O–H groups in total. The predicted octanol–water partition coefficient (Wildman–Crippen LogP) is 0.114. The van der Waals surface area contributed by atoms with Gasteiger partial charge in [0.15, 0.2) is 12.4 Å². The van der Waals surface area contributed by atoms with E-state index in [1.165, 1.54) is 12.5 Å². The van der Waals surface area contributed by atoms with Crippen LogP contribution in [0, 0.1) is 28.6 Å². The molecule has 0 radical (unpaired) electrons. The Bertz CT molecular complexity index is 1760. The first-order valence-corrected chi connectivity index (χ1v) is 19.0. The first-order chi connectivity index (χ1) is 26.4. The second-order valence-electron chi connectivity index (χ2n) is 16.1. The van der Waals surface area contributed by atoms with Gasteiger partial charge in [-0.05, 0) is 74.2 Å². The van der Waals surface area contributed by atoms with E-state index in [0.29, 0.717) is 25.0 Å². The van der Waals surface area contributed by atoms with Gasteiger partial charge in [-0.15, -0.1) is 0 Å². The van der Waals surface area contributed by atoms with E-state index in [2.05, 4.69) is 32.8 Å². The van der Waals surface area contributed by atoms with Gasteiger partial charge in [0.1, 0.15) is 17.7 Å². The Morgan fingerprint density at radius 3 is 2.39 bits per heavy atom. The van der Waals surface area contributed by atoms with Crippen molar-refractivity contribution in [3.05, 3.63) is 29.9 Å². The lowest BCUT2D eigenvalue weighted by Crippen LogP contribution is -2.62. The maximum absolute atomic E-state index is 13.6. The highest BCUT2D eigenvalue weighted by Gasteiger charge is 2.68. The number of rotatable bonds is 17. The highest BCUT2D eigenvalue weighted by molar-refractivity contribution is 5.94. The molecule has 4 aliphatic carbocycles. The molecular formula is C38H51N5O13. The van der Waals surface area contributed by atoms with Crippen molar-refractivity contribution in [2.75, 3.05) is 13.2 Å². The summed E-state index contributed by atoms with van der Waals surface area (Å²) in [5.41, 5.74) is -1.63. The molecule has 3 saturated carbocycles. The van der Waals surface area contributed by atoms with E-state index in [1.54, 1.807) is 6.08 Å². The summed E-state index contributed by atoms with van der Waals surface area (Å²) in [4.78, 5) is 106. The summed E-state index contributed by atoms with van der Waals surface area (Å²) in [5, 5.41) is 48.5. The third-order valence-electron chi connectivity index (χ3n) is 12.8. The molecule has 0 aliphatic heterocycles. The Hall–Kier alpha value is -4.97. The van der Waals surface area contributed by atoms with Crippen LogP contribution < -0.4 is 16.0 Å². The van der Waals surface area contributed by atoms with E-state index in [0.717, 1.165) is 18.4 Å². The molecule has 1 aromatic heterocycles. The van der Waals surface area contributed by atoms with Crippen LogP contribution in [0.15, 0.2) is 24.2 Å². The number of allylic oxidation sites excluding steroid dienone is 1. The molecule has 3 amide bonds. The number of ketones is 2. The number of hydrogen-bond donors (Lipinski definition) is 8. The zero-order chi connectivity index (χ0) is 41.0. The number of nitrogens with one attached hydrogen (secondary N) is 4. The van der Waals surface area contributed by atoms with Gasteiger partial charge in [0, 0.05) is 43.0 Å². The van der Waals surface area contributed by atoms with Crippen molar-refractivity contribution in [1.29, 1.82) is 0 Å². The molecular weight excluding hydrogens is 734 g/mol. The fourth-order valence-corrected chi connectivity index (χ4v) is 9.86. The van der Waals surface area contributed by atoms with Gasteiger partial charge in [0.25, 0.3) is 0 Å². The Morgan fingerprint density at radius 2 is 1.71 bits per heavy atom. The van der Waals surface area contributed by atoms with Crippen molar-refractivity contribution >= 4 is 47.2 Å². The number of hydrogen-bond acceptors (Lipinski definition) is 12. The standard InChI is InChI=1S/C38H51N5O13/c1-36-11-9-22(44)13-20(36)3-4-23-24-10-12-38(55,37(24,2)15-27(45)33(23)36)28(46)18-56-32(51)8-6-29(47)43-26(14-21-16-39-19-41-21)34(52)40-17-30(48)42-25(35(53)54)5-7-31(49)50/h13,16,19,23-27,33,45,55H,3-12,14-15,17-18H2,1-2H3,(H,39,41)(H,40,52)(H,42,48)(H,43,47)(H,49,50)(H,53,54)/t23?,24?,25-,26-,27?,33?,36-,37-,38-/m0/s1. The molecule has 18 heteroatoms. The number of aromatic amines is 1. The number of carbonyl (C=O) groups excluding carboxylic acids is 6. The summed E-state index contributed by atoms with van der Waals surface area (Å²) >= 11 is 0. The lowest BCUT2D eigenvalue weighted by Gasteiger charge is -2.60. The van der Waals surface area contributed by atoms with Crippen LogP contribution in [0.25, 0.3) is 0 Å². The minimum Gasteiger partial charge on any atom is -0.481 e. The summed E-state index contributed by atoms with van der Waals surface area (Å²) in [6.45, 7) is 2.52. The van der Waals surface area contributed by atoms with Crippen molar-refractivity contribution < 1.29 is 63.5 Å². The average molecular weight is 786 g/mol. The van der Waals surface area contributed by atoms with E-state index in [9.17, 15) is 53.7 Å². The highest BCUT2D eigenvalue weighted by Crippen LogP contribution is 2.67. The van der Waals surface area contributed by atoms with E-state index >= 15 is 0 Å². The van der Waals surface area contributed by atoms with Crippen molar-refractivity contribution in [2.24, 2.45) is 28.6 Å². The number of Topliss-reactive ketones (excluding diaryl/α,β-unsaturated/α-hetero) is 1. The van der Waals surface area contributed by atoms with Crippen LogP contribution >= 0.6 is 0 Å². The summed E-state index contributed by atoms with van der Waals surface area (Å²) in [7, 11) is 0. The monoisotopic (exact) mass is 785 g/mol. The molecule has 0 bridgehead atoms. The molecule has 4 unspecified atom stereocenters. The highest BCUT2D eigenvalue weighted by atomic mass is 16.5. The number of ether oxygens (including phenoxy) is 1. The van der Waals surface area contributed by atoms with Crippen molar-refractivity contribution in [2.45, 2.75) is 115 Å². The molecule has 5 rings (SSSR count). The van der Waals surface area contributed by atoms with Crippen molar-refractivity contribution in [3.8, 4) is 0 Å². The Kier molecular flexibility index (Phi) is 12.8. The topological polar surface area (TPSA) is 291 Å². The molecule has 0 aromatic carbocycles. The maximum Gasteiger partial charge on any atom is 0.326 e. The lowest BCUT2D eigenvalue weighted by atomic mass is 9.45. The van der Waals surface area contributed by atoms with Crippen LogP contribution in [0.1, 0.15) is 90.2 Å². The number of esters is 1. The van der Waals surface area contributed by atoms with Crippen LogP contribution in [0.3, 0.4) is 0 Å². The minimum atomic E-state index is -1.85. The van der Waals surface area contributed by atoms with Gasteiger partial charge in [0.05, 0.1) is 25.4 Å². The third kappa shape index (κ3) is 8.85. The van der Waals surface area contributed by atoms with Crippen LogP contribution in [-0.4, -0.2) is 115 Å². The minimum absolute atomic E-state index is 0.0399. The summed E-state index contributed by atoms with van der Waals surface area (Å²) in [6, 6.07) is -2.76. The molecule has 306 valence electrons. The molecule has 0 saturated heterocycles. The SMILES string of the molecule is C[C@]12CCC(=O)C=C1CCC1C2C(O)C[C@@]2(C)C1CC[C@]2(O)C(=O)COC(=O)CCC(=O)N[C@@H](Cc1cnc[nH]1)C(=O)NCC(=O)N[C@@H](CCC(=O)O)C(=O)O. The number of carbonyl (C=O) groups is 8.